The van der Waals surface area contributed by atoms with E-state index < -0.39 is 6.10 Å². The summed E-state index contributed by atoms with van der Waals surface area (Å²) in [5, 5.41) is 0. The first-order valence-corrected chi connectivity index (χ1v) is 25.6. The summed E-state index contributed by atoms with van der Waals surface area (Å²) in [7, 11) is 0. The second-order valence-corrected chi connectivity index (χ2v) is 17.1. The predicted octanol–water partition coefficient (Wildman–Crippen LogP) is 16.7. The molecule has 0 saturated carbocycles. The number of ether oxygens (including phenoxy) is 3. The van der Waals surface area contributed by atoms with Gasteiger partial charge in [-0.2, -0.15) is 0 Å². The van der Waals surface area contributed by atoms with Crippen molar-refractivity contribution in [1.82, 2.24) is 0 Å². The fourth-order valence-electron chi connectivity index (χ4n) is 7.14. The zero-order chi connectivity index (χ0) is 43.7. The molecule has 0 fully saturated rings. The molecule has 0 aromatic carbocycles. The van der Waals surface area contributed by atoms with Crippen LogP contribution in [0.1, 0.15) is 258 Å². The van der Waals surface area contributed by atoms with Crippen LogP contribution < -0.4 is 0 Å². The van der Waals surface area contributed by atoms with Gasteiger partial charge in [0.2, 0.25) is 0 Å². The summed E-state index contributed by atoms with van der Waals surface area (Å²) in [6, 6.07) is 0. The summed E-state index contributed by atoms with van der Waals surface area (Å²) < 4.78 is 16.8. The smallest absolute Gasteiger partial charge is 0.306 e. The lowest BCUT2D eigenvalue weighted by molar-refractivity contribution is -0.167. The van der Waals surface area contributed by atoms with Crippen molar-refractivity contribution in [1.29, 1.82) is 0 Å². The van der Waals surface area contributed by atoms with Gasteiger partial charge in [-0.15, -0.1) is 0 Å². The maximum absolute atomic E-state index is 12.8. The Hall–Kier alpha value is -2.63. The van der Waals surface area contributed by atoms with Crippen LogP contribution in [0.25, 0.3) is 0 Å². The van der Waals surface area contributed by atoms with Crippen molar-refractivity contribution < 1.29 is 28.6 Å². The molecule has 0 aromatic rings. The van der Waals surface area contributed by atoms with Gasteiger partial charge in [-0.25, -0.2) is 0 Å². The third-order valence-corrected chi connectivity index (χ3v) is 11.1. The Bertz CT molecular complexity index is 1060. The van der Waals surface area contributed by atoms with Crippen molar-refractivity contribution in [2.45, 2.75) is 264 Å². The molecule has 6 heteroatoms. The lowest BCUT2D eigenvalue weighted by atomic mass is 10.0. The van der Waals surface area contributed by atoms with Crippen molar-refractivity contribution >= 4 is 17.9 Å². The van der Waals surface area contributed by atoms with Gasteiger partial charge < -0.3 is 14.2 Å². The summed E-state index contributed by atoms with van der Waals surface area (Å²) in [6.45, 7) is 6.56. The van der Waals surface area contributed by atoms with Gasteiger partial charge in [0.1, 0.15) is 13.2 Å². The molecule has 0 unspecified atom stereocenters. The van der Waals surface area contributed by atoms with Crippen molar-refractivity contribution in [3.63, 3.8) is 0 Å². The van der Waals surface area contributed by atoms with Gasteiger partial charge >= 0.3 is 17.9 Å². The second kappa shape index (κ2) is 49.0. The monoisotopic (exact) mass is 841 g/mol. The Balaban J connectivity index is 4.34. The molecule has 0 N–H and O–H groups in total. The Kier molecular flexibility index (Phi) is 46.9. The first-order valence-electron chi connectivity index (χ1n) is 25.6. The summed E-state index contributed by atoms with van der Waals surface area (Å²) in [4.78, 5) is 37.9. The molecule has 0 aliphatic carbocycles. The fourth-order valence-corrected chi connectivity index (χ4v) is 7.14. The van der Waals surface area contributed by atoms with Crippen LogP contribution in [0.4, 0.5) is 0 Å². The molecule has 0 bridgehead atoms. The highest BCUT2D eigenvalue weighted by molar-refractivity contribution is 5.71. The normalized spacial score (nSPS) is 12.4. The molecule has 0 radical (unpaired) electrons. The van der Waals surface area contributed by atoms with Gasteiger partial charge in [-0.3, -0.25) is 14.4 Å². The van der Waals surface area contributed by atoms with E-state index in [1.165, 1.54) is 135 Å². The molecule has 60 heavy (non-hydrogen) atoms. The number of allylic oxidation sites excluding steroid dienone is 8. The van der Waals surface area contributed by atoms with Gasteiger partial charge in [0.05, 0.1) is 0 Å². The molecule has 0 aromatic heterocycles. The number of carbonyl (C=O) groups excluding carboxylic acids is 3. The van der Waals surface area contributed by atoms with E-state index in [9.17, 15) is 14.4 Å². The number of hydrogen-bond donors (Lipinski definition) is 0. The quantitative estimate of drug-likeness (QED) is 0.0263. The SMILES string of the molecule is CCCC/C=C\CCCCCCCC(=O)OC[C@H](COC(=O)CCCCCCCC/C=C\C/C=C\C/C=C\CCCCC)OC(=O)CCCCCCCCCCCCCC. The number of carbonyl (C=O) groups is 3. The van der Waals surface area contributed by atoms with Gasteiger partial charge in [-0.1, -0.05) is 211 Å². The molecule has 0 rings (SSSR count). The molecule has 0 saturated heterocycles. The molecule has 1 atom stereocenters. The van der Waals surface area contributed by atoms with Gasteiger partial charge in [0.25, 0.3) is 0 Å². The zero-order valence-electron chi connectivity index (χ0n) is 39.7. The highest BCUT2D eigenvalue weighted by atomic mass is 16.6. The summed E-state index contributed by atoms with van der Waals surface area (Å²) >= 11 is 0. The van der Waals surface area contributed by atoms with Crippen molar-refractivity contribution in [3.8, 4) is 0 Å². The first kappa shape index (κ1) is 57.4. The Morgan fingerprint density at radius 1 is 0.333 bits per heavy atom. The largest absolute Gasteiger partial charge is 0.462 e. The number of unbranched alkanes of at least 4 members (excludes halogenated alkanes) is 27. The minimum atomic E-state index is -0.777. The molecule has 6 nitrogen and oxygen atoms in total. The van der Waals surface area contributed by atoms with Gasteiger partial charge in [0, 0.05) is 19.3 Å². The average Bonchev–Trinajstić information content (AvgIpc) is 3.24. The van der Waals surface area contributed by atoms with Crippen molar-refractivity contribution in [3.05, 3.63) is 48.6 Å². The van der Waals surface area contributed by atoms with Crippen LogP contribution in [0, 0.1) is 0 Å². The minimum absolute atomic E-state index is 0.0800. The average molecular weight is 841 g/mol. The lowest BCUT2D eigenvalue weighted by Crippen LogP contribution is -2.30. The van der Waals surface area contributed by atoms with Gasteiger partial charge in [-0.05, 0) is 77.0 Å². The number of esters is 3. The van der Waals surface area contributed by atoms with E-state index in [0.717, 1.165) is 83.5 Å². The Morgan fingerprint density at radius 3 is 1.03 bits per heavy atom. The highest BCUT2D eigenvalue weighted by Gasteiger charge is 2.19. The summed E-state index contributed by atoms with van der Waals surface area (Å²) in [5.74, 6) is -0.896. The van der Waals surface area contributed by atoms with Crippen LogP contribution in [-0.2, 0) is 28.6 Å². The van der Waals surface area contributed by atoms with Crippen molar-refractivity contribution in [2.75, 3.05) is 13.2 Å². The van der Waals surface area contributed by atoms with Crippen LogP contribution in [0.2, 0.25) is 0 Å². The molecule has 0 heterocycles. The van der Waals surface area contributed by atoms with Crippen LogP contribution >= 0.6 is 0 Å². The van der Waals surface area contributed by atoms with E-state index in [1.54, 1.807) is 0 Å². The Morgan fingerprint density at radius 2 is 0.617 bits per heavy atom. The maximum atomic E-state index is 12.8. The standard InChI is InChI=1S/C54H96O6/c1-4-7-10-13-16-19-22-24-25-26-27-28-29-30-33-35-38-41-44-47-53(56)59-50-51(49-58-52(55)46-43-40-37-34-31-21-18-15-12-9-6-3)60-54(57)48-45-42-39-36-32-23-20-17-14-11-8-5-2/h15-16,18-19,24-25,27-28,51H,4-14,17,20-23,26,29-50H2,1-3H3/b18-15-,19-16-,25-24-,28-27-/t51-/m1/s1. The van der Waals surface area contributed by atoms with E-state index in [-0.39, 0.29) is 31.1 Å². The molecule has 0 aliphatic rings. The summed E-state index contributed by atoms with van der Waals surface area (Å²) in [5.41, 5.74) is 0. The fraction of sp³-hybridized carbons (Fsp3) is 0.796. The van der Waals surface area contributed by atoms with Crippen LogP contribution in [-0.4, -0.2) is 37.2 Å². The van der Waals surface area contributed by atoms with Crippen LogP contribution in [0.5, 0.6) is 0 Å². The topological polar surface area (TPSA) is 78.9 Å². The number of hydrogen-bond acceptors (Lipinski definition) is 6. The molecular formula is C54H96O6. The lowest BCUT2D eigenvalue weighted by Gasteiger charge is -2.18. The summed E-state index contributed by atoms with van der Waals surface area (Å²) in [6.07, 6.45) is 58.0. The highest BCUT2D eigenvalue weighted by Crippen LogP contribution is 2.15. The first-order chi connectivity index (χ1) is 29.5. The van der Waals surface area contributed by atoms with E-state index in [1.807, 2.05) is 0 Å². The predicted molar refractivity (Wildman–Crippen MR) is 256 cm³/mol. The second-order valence-electron chi connectivity index (χ2n) is 17.1. The Labute approximate surface area is 371 Å². The van der Waals surface area contributed by atoms with Crippen LogP contribution in [0.3, 0.4) is 0 Å². The van der Waals surface area contributed by atoms with E-state index in [0.29, 0.717) is 19.3 Å². The molecule has 0 spiro atoms. The molecular weight excluding hydrogens is 745 g/mol. The molecule has 0 aliphatic heterocycles. The molecule has 0 amide bonds. The van der Waals surface area contributed by atoms with E-state index in [4.69, 9.17) is 14.2 Å². The van der Waals surface area contributed by atoms with Crippen molar-refractivity contribution in [2.24, 2.45) is 0 Å². The van der Waals surface area contributed by atoms with E-state index in [2.05, 4.69) is 69.4 Å². The zero-order valence-corrected chi connectivity index (χ0v) is 39.7. The van der Waals surface area contributed by atoms with E-state index >= 15 is 0 Å². The number of rotatable bonds is 46. The maximum Gasteiger partial charge on any atom is 0.306 e. The van der Waals surface area contributed by atoms with Gasteiger partial charge in [0.15, 0.2) is 6.10 Å². The third kappa shape index (κ3) is 46.4. The van der Waals surface area contributed by atoms with Crippen LogP contribution in [0.15, 0.2) is 48.6 Å². The molecule has 348 valence electrons. The minimum Gasteiger partial charge on any atom is -0.462 e. The third-order valence-electron chi connectivity index (χ3n) is 11.1.